The van der Waals surface area contributed by atoms with Crippen LogP contribution >= 0.6 is 0 Å². The molecule has 0 spiro atoms. The van der Waals surface area contributed by atoms with Crippen LogP contribution in [0.25, 0.3) is 111 Å². The van der Waals surface area contributed by atoms with Gasteiger partial charge in [0.1, 0.15) is 5.82 Å². The van der Waals surface area contributed by atoms with Gasteiger partial charge in [-0.1, -0.05) is 195 Å². The van der Waals surface area contributed by atoms with Crippen LogP contribution in [-0.4, -0.2) is 18.7 Å². The third-order valence-corrected chi connectivity index (χ3v) is 14.3. The maximum Gasteiger partial charge on any atom is 0.268 e. The molecule has 0 amide bonds. The van der Waals surface area contributed by atoms with Gasteiger partial charge in [0.15, 0.2) is 0 Å². The second-order valence-electron chi connectivity index (χ2n) is 20.0. The first-order chi connectivity index (χ1) is 44.7. The number of aryl methyl sites for hydroxylation is 2. The molecule has 0 radical (unpaired) electrons. The van der Waals surface area contributed by atoms with Crippen molar-refractivity contribution in [3.8, 4) is 67.8 Å². The molecule has 0 fully saturated rings. The van der Waals surface area contributed by atoms with Crippen molar-refractivity contribution in [2.45, 2.75) is 39.9 Å². The number of benzene rings is 10. The van der Waals surface area contributed by atoms with Crippen molar-refractivity contribution in [3.63, 3.8) is 0 Å². The van der Waals surface area contributed by atoms with Gasteiger partial charge in [0.25, 0.3) is 6.33 Å². The molecule has 4 heterocycles. The summed E-state index contributed by atoms with van der Waals surface area (Å²) in [6, 6.07) is 49.6. The number of fused-ring (bicyclic) bond motifs is 7. The van der Waals surface area contributed by atoms with E-state index in [9.17, 15) is 5.48 Å². The number of hydrogen-bond donors (Lipinski definition) is 0. The van der Waals surface area contributed by atoms with Crippen LogP contribution < -0.4 is 9.30 Å². The number of ether oxygens (including phenoxy) is 1. The van der Waals surface area contributed by atoms with Crippen molar-refractivity contribution in [1.29, 1.82) is 0 Å². The summed E-state index contributed by atoms with van der Waals surface area (Å²) < 4.78 is 156. The van der Waals surface area contributed by atoms with Crippen molar-refractivity contribution < 1.29 is 52.3 Å². The quantitative estimate of drug-likeness (QED) is 0.107. The molecule has 0 N–H and O–H groups in total. The number of para-hydroxylation sites is 4. The molecule has 6 nitrogen and oxygen atoms in total. The average molecular weight is 1220 g/mol. The first-order valence-electron chi connectivity index (χ1n) is 33.3. The smallest absolute Gasteiger partial charge is 0.268 e. The molecular weight excluding hydrogens is 1150 g/mol. The van der Waals surface area contributed by atoms with Gasteiger partial charge >= 0.3 is 0 Å². The van der Waals surface area contributed by atoms with E-state index in [1.165, 1.54) is 41.0 Å². The zero-order valence-electron chi connectivity index (χ0n) is 58.6. The van der Waals surface area contributed by atoms with Gasteiger partial charge in [-0.15, -0.1) is 24.3 Å². The van der Waals surface area contributed by atoms with E-state index in [1.54, 1.807) is 41.0 Å². The monoisotopic (exact) mass is 1210 g/mol. The minimum atomic E-state index is -2.83. The van der Waals surface area contributed by atoms with Gasteiger partial charge < -0.3 is 18.4 Å². The number of hydrogen-bond acceptors (Lipinski definition) is 2. The second-order valence-corrected chi connectivity index (χ2v) is 20.0. The molecule has 14 rings (SSSR count). The third-order valence-electron chi connectivity index (χ3n) is 14.3. The summed E-state index contributed by atoms with van der Waals surface area (Å²) in [5.74, 6) is 1.17. The topological polar surface area (TPSA) is 40.8 Å². The third kappa shape index (κ3) is 8.46. The number of rotatable bonds is 9. The molecule has 0 saturated carbocycles. The Morgan fingerprint density at radius 1 is 0.557 bits per heavy atom. The number of imidazole rings is 1. The predicted molar refractivity (Wildman–Crippen MR) is 319 cm³/mol. The molecule has 14 aromatic rings. The van der Waals surface area contributed by atoms with Gasteiger partial charge in [-0.05, 0) is 122 Å². The van der Waals surface area contributed by atoms with E-state index < -0.39 is 74.1 Å². The maximum absolute atomic E-state index is 9.33. The summed E-state index contributed by atoms with van der Waals surface area (Å²) in [5, 5.41) is 3.84. The molecule has 4 aromatic heterocycles. The summed E-state index contributed by atoms with van der Waals surface area (Å²) in [4.78, 5) is 4.94. The zero-order chi connectivity index (χ0) is 66.4. The Labute approximate surface area is 496 Å². The Balaban J connectivity index is 0.00000818. The van der Waals surface area contributed by atoms with E-state index in [2.05, 4.69) is 90.8 Å². The number of pyridine rings is 1. The van der Waals surface area contributed by atoms with Gasteiger partial charge in [0, 0.05) is 74.3 Å². The van der Waals surface area contributed by atoms with Crippen LogP contribution in [0.15, 0.2) is 230 Å². The van der Waals surface area contributed by atoms with E-state index >= 15 is 0 Å². The number of aromatic nitrogens is 5. The SMILES string of the molecule is [2H]c1c([2H])c([2H])c(-c2cccc(-c3c([2H])c([2H])c([2H])c([2H])c3[2H])c2-[n+]2[c-]n(-c3[c-]c(Oc4[c-]c5c(cc4-n4c6ccccc6c6ccccc64)c4ccccc4n5-c4cc(C(C)(C)C)ccn4)ccc3)c3ccc(-c4c(C([2H])([2H])[2H])cccc4C([2H])([2H])[2H])cc32)c([2H])c1[2H].[Pt]. The summed E-state index contributed by atoms with van der Waals surface area (Å²) in [5.41, 5.74) is 4.27. The van der Waals surface area contributed by atoms with E-state index in [-0.39, 0.29) is 93.6 Å². The Bertz CT molecular complexity index is 5300. The van der Waals surface area contributed by atoms with Crippen molar-refractivity contribution >= 4 is 54.6 Å². The first kappa shape index (κ1) is 34.6. The largest absolute Gasteiger partial charge is 0.508 e. The van der Waals surface area contributed by atoms with Crippen LogP contribution in [-0.2, 0) is 26.5 Å². The van der Waals surface area contributed by atoms with Crippen LogP contribution in [0.2, 0.25) is 0 Å². The minimum Gasteiger partial charge on any atom is -0.508 e. The molecule has 79 heavy (non-hydrogen) atoms. The van der Waals surface area contributed by atoms with Crippen molar-refractivity contribution in [3.05, 3.63) is 266 Å². The molecule has 10 aromatic carbocycles. The fraction of sp³-hybridized carbons (Fsp3) is 0.0833. The number of nitrogens with zero attached hydrogens (tertiary/aromatic N) is 5. The predicted octanol–water partition coefficient (Wildman–Crippen LogP) is 17.6. The second kappa shape index (κ2) is 19.7. The molecule has 0 saturated heterocycles. The molecule has 7 heteroatoms. The first-order valence-corrected chi connectivity index (χ1v) is 25.3. The van der Waals surface area contributed by atoms with Crippen LogP contribution in [0.1, 0.15) is 59.4 Å². The van der Waals surface area contributed by atoms with Gasteiger partial charge in [0.05, 0.1) is 30.4 Å². The average Bonchev–Trinajstić information content (AvgIpc) is 1.65. The Kier molecular flexibility index (Phi) is 8.65. The fourth-order valence-corrected chi connectivity index (χ4v) is 10.7. The van der Waals surface area contributed by atoms with Gasteiger partial charge in [0.2, 0.25) is 0 Å². The zero-order valence-corrected chi connectivity index (χ0v) is 44.9. The van der Waals surface area contributed by atoms with Crippen molar-refractivity contribution in [2.24, 2.45) is 0 Å². The van der Waals surface area contributed by atoms with E-state index in [0.29, 0.717) is 28.3 Å². The van der Waals surface area contributed by atoms with Crippen LogP contribution in [0.4, 0.5) is 0 Å². The maximum atomic E-state index is 9.33. The Hall–Kier alpha value is -9.09. The van der Waals surface area contributed by atoms with E-state index in [4.69, 9.17) is 26.2 Å². The molecule has 0 aliphatic rings. The standard InChI is InChI=1S/C72H53N5O.Pt/c1-47-21-18-22-48(2)70(47)51-37-38-64-66(41-51)75(71-55(49-23-8-6-9-24-49)32-20-33-56(71)50-25-10-7-11-26-50)46-74(64)53-27-19-28-54(43-53)78-68-45-65-60(44-67(68)76-61-34-15-12-29-57(61)58-30-13-16-35-62(58)76)59-31-14-17-36-63(59)77(65)69-42-52(39-40-73-69)72(3,4)5;/h6-42,44H,1-5H3;/q-2;/i1D3,2D3,6D,7D,8D,9D,10D,11D,23D,24D,25D,26D;. The van der Waals surface area contributed by atoms with Crippen molar-refractivity contribution in [2.75, 3.05) is 0 Å². The van der Waals surface area contributed by atoms with E-state index in [0.717, 1.165) is 43.7 Å². The summed E-state index contributed by atoms with van der Waals surface area (Å²) >= 11 is 0. The fourth-order valence-electron chi connectivity index (χ4n) is 10.7. The molecule has 0 aliphatic heterocycles. The van der Waals surface area contributed by atoms with Gasteiger partial charge in [-0.3, -0.25) is 4.57 Å². The Morgan fingerprint density at radius 2 is 1.15 bits per heavy atom. The molecule has 0 bridgehead atoms. The summed E-state index contributed by atoms with van der Waals surface area (Å²) in [7, 11) is 0. The van der Waals surface area contributed by atoms with Crippen LogP contribution in [0.3, 0.4) is 0 Å². The Morgan fingerprint density at radius 3 is 1.78 bits per heavy atom. The van der Waals surface area contributed by atoms with Crippen LogP contribution in [0.5, 0.6) is 11.5 Å². The molecule has 0 atom stereocenters. The summed E-state index contributed by atoms with van der Waals surface area (Å²) in [6.07, 6.45) is 5.22. The van der Waals surface area contributed by atoms with Gasteiger partial charge in [-0.25, -0.2) is 4.98 Å². The molecule has 384 valence electrons. The summed E-state index contributed by atoms with van der Waals surface area (Å²) in [6.45, 7) is 0.788. The van der Waals surface area contributed by atoms with Crippen molar-refractivity contribution in [1.82, 2.24) is 18.7 Å². The molecule has 0 unspecified atom stereocenters. The van der Waals surface area contributed by atoms with E-state index in [1.807, 2.05) is 54.7 Å². The van der Waals surface area contributed by atoms with Gasteiger partial charge in [-0.2, -0.15) is 12.1 Å². The normalized spacial score (nSPS) is 15.0. The molecular formula is C72H53N5OPt-2. The van der Waals surface area contributed by atoms with Crippen LogP contribution in [0, 0.1) is 32.2 Å². The molecule has 0 aliphatic carbocycles. The minimum absolute atomic E-state index is 0.